The highest BCUT2D eigenvalue weighted by Crippen LogP contribution is 2.27. The summed E-state index contributed by atoms with van der Waals surface area (Å²) in [5, 5.41) is 0. The summed E-state index contributed by atoms with van der Waals surface area (Å²) in [6.07, 6.45) is 2.50. The Bertz CT molecular complexity index is 774. The average Bonchev–Trinajstić information content (AvgIpc) is 2.55. The zero-order valence-corrected chi connectivity index (χ0v) is 16.9. The molecule has 1 heterocycles. The maximum Gasteiger partial charge on any atom is 0.251 e. The second-order valence-corrected chi connectivity index (χ2v) is 7.37. The van der Waals surface area contributed by atoms with Crippen molar-refractivity contribution in [2.24, 2.45) is 0 Å². The summed E-state index contributed by atoms with van der Waals surface area (Å²) in [5.74, 6) is -0.0692. The molecule has 0 saturated heterocycles. The van der Waals surface area contributed by atoms with Crippen molar-refractivity contribution in [2.75, 3.05) is 6.54 Å². The number of hydrogen-bond donors (Lipinski definition) is 0. The molecule has 0 bridgehead atoms. The van der Waals surface area contributed by atoms with E-state index in [9.17, 15) is 9.59 Å². The van der Waals surface area contributed by atoms with Crippen LogP contribution in [-0.4, -0.2) is 21.9 Å². The molecule has 2 aromatic rings. The smallest absolute Gasteiger partial charge is 0.251 e. The lowest BCUT2D eigenvalue weighted by Gasteiger charge is -2.30. The minimum absolute atomic E-state index is 0.0348. The van der Waals surface area contributed by atoms with Crippen molar-refractivity contribution in [3.05, 3.63) is 67.5 Å². The van der Waals surface area contributed by atoms with Crippen LogP contribution in [0.2, 0.25) is 0 Å². The van der Waals surface area contributed by atoms with E-state index in [1.807, 2.05) is 43.0 Å². The van der Waals surface area contributed by atoms with E-state index in [2.05, 4.69) is 31.9 Å². The van der Waals surface area contributed by atoms with Crippen LogP contribution in [0.5, 0.6) is 0 Å². The second-order valence-electron chi connectivity index (χ2n) is 5.60. The quantitative estimate of drug-likeness (QED) is 0.648. The van der Waals surface area contributed by atoms with Crippen LogP contribution in [-0.2, 0) is 11.3 Å². The number of rotatable bonds is 6. The van der Waals surface area contributed by atoms with E-state index in [1.165, 1.54) is 10.6 Å². The molecular weight excluding hydrogens is 436 g/mol. The van der Waals surface area contributed by atoms with Gasteiger partial charge in [-0.25, -0.2) is 0 Å². The van der Waals surface area contributed by atoms with Crippen LogP contribution >= 0.6 is 31.9 Å². The monoisotopic (exact) mass is 454 g/mol. The maximum atomic E-state index is 12.8. The Morgan fingerprint density at radius 3 is 2.58 bits per heavy atom. The Morgan fingerprint density at radius 1 is 1.21 bits per heavy atom. The predicted molar refractivity (Wildman–Crippen MR) is 103 cm³/mol. The molecule has 4 nitrogen and oxygen atoms in total. The van der Waals surface area contributed by atoms with Crippen molar-refractivity contribution in [3.8, 4) is 0 Å². The van der Waals surface area contributed by atoms with Crippen LogP contribution in [0.3, 0.4) is 0 Å². The van der Waals surface area contributed by atoms with Gasteiger partial charge >= 0.3 is 0 Å². The largest absolute Gasteiger partial charge is 0.334 e. The van der Waals surface area contributed by atoms with Gasteiger partial charge in [-0.05, 0) is 47.0 Å². The van der Waals surface area contributed by atoms with Crippen molar-refractivity contribution >= 4 is 37.8 Å². The van der Waals surface area contributed by atoms with Gasteiger partial charge < -0.3 is 9.47 Å². The molecule has 0 aliphatic heterocycles. The van der Waals surface area contributed by atoms with E-state index in [0.29, 0.717) is 6.54 Å². The first-order chi connectivity index (χ1) is 11.4. The number of pyridine rings is 1. The Hall–Kier alpha value is -1.40. The van der Waals surface area contributed by atoms with Crippen LogP contribution in [0, 0.1) is 0 Å². The molecule has 2 rings (SSSR count). The van der Waals surface area contributed by atoms with Crippen molar-refractivity contribution < 1.29 is 4.79 Å². The van der Waals surface area contributed by atoms with Crippen molar-refractivity contribution in [1.29, 1.82) is 0 Å². The van der Waals surface area contributed by atoms with Gasteiger partial charge in [-0.1, -0.05) is 41.1 Å². The summed E-state index contributed by atoms with van der Waals surface area (Å²) in [6, 6.07) is 11.0. The first-order valence-corrected chi connectivity index (χ1v) is 9.42. The molecule has 0 aliphatic carbocycles. The molecular formula is C18H20Br2N2O2. The fraction of sp³-hybridized carbons (Fsp3) is 0.333. The number of benzene rings is 1. The number of nitrogens with zero attached hydrogens (tertiary/aromatic N) is 2. The van der Waals surface area contributed by atoms with Crippen LogP contribution in [0.4, 0.5) is 0 Å². The number of carbonyl (C=O) groups excluding carboxylic acids is 1. The summed E-state index contributed by atoms with van der Waals surface area (Å²) < 4.78 is 3.18. The second kappa shape index (κ2) is 8.62. The molecule has 0 aliphatic rings. The highest BCUT2D eigenvalue weighted by atomic mass is 79.9. The van der Waals surface area contributed by atoms with Gasteiger partial charge in [-0.15, -0.1) is 0 Å². The number of carbonyl (C=O) groups is 1. The van der Waals surface area contributed by atoms with Gasteiger partial charge in [-0.3, -0.25) is 9.59 Å². The number of halogens is 2. The molecule has 0 saturated carbocycles. The Kier molecular flexibility index (Phi) is 6.80. The van der Waals surface area contributed by atoms with E-state index in [-0.39, 0.29) is 24.1 Å². The fourth-order valence-electron chi connectivity index (χ4n) is 2.62. The standard InChI is InChI=1S/C18H20Br2N2O2/c1-3-10-22(13(2)15-6-4-5-7-16(15)20)18(24)12-21-11-14(19)8-9-17(21)23/h4-9,11,13H,3,10,12H2,1-2H3. The van der Waals surface area contributed by atoms with Crippen molar-refractivity contribution in [3.63, 3.8) is 0 Å². The molecule has 1 atom stereocenters. The minimum atomic E-state index is -0.184. The van der Waals surface area contributed by atoms with Gasteiger partial charge in [-0.2, -0.15) is 0 Å². The van der Waals surface area contributed by atoms with E-state index in [1.54, 1.807) is 12.3 Å². The Balaban J connectivity index is 2.26. The highest BCUT2D eigenvalue weighted by molar-refractivity contribution is 9.10. The van der Waals surface area contributed by atoms with Crippen LogP contribution in [0.25, 0.3) is 0 Å². The Labute approximate surface area is 158 Å². The SMILES string of the molecule is CCCN(C(=O)Cn1cc(Br)ccc1=O)C(C)c1ccccc1Br. The molecule has 0 radical (unpaired) electrons. The normalized spacial score (nSPS) is 12.0. The summed E-state index contributed by atoms with van der Waals surface area (Å²) in [5.41, 5.74) is 0.873. The summed E-state index contributed by atoms with van der Waals surface area (Å²) >= 11 is 6.89. The topological polar surface area (TPSA) is 42.3 Å². The number of amides is 1. The molecule has 6 heteroatoms. The van der Waals surface area contributed by atoms with Gasteiger partial charge in [0.15, 0.2) is 0 Å². The maximum absolute atomic E-state index is 12.8. The molecule has 128 valence electrons. The molecule has 0 N–H and O–H groups in total. The van der Waals surface area contributed by atoms with E-state index < -0.39 is 0 Å². The Morgan fingerprint density at radius 2 is 1.92 bits per heavy atom. The van der Waals surface area contributed by atoms with Gasteiger partial charge in [0, 0.05) is 27.8 Å². The van der Waals surface area contributed by atoms with E-state index in [0.717, 1.165) is 20.9 Å². The fourth-order valence-corrected chi connectivity index (χ4v) is 3.61. The third-order valence-corrected chi connectivity index (χ3v) is 5.05. The van der Waals surface area contributed by atoms with E-state index in [4.69, 9.17) is 0 Å². The van der Waals surface area contributed by atoms with Gasteiger partial charge in [0.1, 0.15) is 6.54 Å². The van der Waals surface area contributed by atoms with E-state index >= 15 is 0 Å². The molecule has 24 heavy (non-hydrogen) atoms. The minimum Gasteiger partial charge on any atom is -0.334 e. The van der Waals surface area contributed by atoms with Crippen LogP contribution < -0.4 is 5.56 Å². The average molecular weight is 456 g/mol. The molecule has 0 spiro atoms. The molecule has 1 aromatic heterocycles. The molecule has 1 unspecified atom stereocenters. The van der Waals surface area contributed by atoms with Crippen molar-refractivity contribution in [1.82, 2.24) is 9.47 Å². The lowest BCUT2D eigenvalue weighted by molar-refractivity contribution is -0.134. The highest BCUT2D eigenvalue weighted by Gasteiger charge is 2.22. The molecule has 1 aromatic carbocycles. The zero-order valence-electron chi connectivity index (χ0n) is 13.7. The summed E-state index contributed by atoms with van der Waals surface area (Å²) in [7, 11) is 0. The summed E-state index contributed by atoms with van der Waals surface area (Å²) in [4.78, 5) is 26.6. The van der Waals surface area contributed by atoms with Crippen molar-refractivity contribution in [2.45, 2.75) is 32.9 Å². The lowest BCUT2D eigenvalue weighted by atomic mass is 10.1. The number of hydrogen-bond acceptors (Lipinski definition) is 2. The first-order valence-electron chi connectivity index (χ1n) is 7.84. The van der Waals surface area contributed by atoms with Crippen LogP contribution in [0.1, 0.15) is 31.9 Å². The molecule has 0 fully saturated rings. The van der Waals surface area contributed by atoms with Gasteiger partial charge in [0.05, 0.1) is 6.04 Å². The van der Waals surface area contributed by atoms with Crippen LogP contribution in [0.15, 0.2) is 56.3 Å². The third kappa shape index (κ3) is 4.57. The van der Waals surface area contributed by atoms with Gasteiger partial charge in [0.2, 0.25) is 5.91 Å². The third-order valence-electron chi connectivity index (χ3n) is 3.86. The first kappa shape index (κ1) is 18.9. The zero-order chi connectivity index (χ0) is 17.7. The summed E-state index contributed by atoms with van der Waals surface area (Å²) in [6.45, 7) is 4.73. The van der Waals surface area contributed by atoms with Gasteiger partial charge in [0.25, 0.3) is 5.56 Å². The lowest BCUT2D eigenvalue weighted by Crippen LogP contribution is -2.38. The number of aromatic nitrogens is 1. The molecule has 1 amide bonds. The predicted octanol–water partition coefficient (Wildman–Crippen LogP) is 4.37.